The molecule has 0 aliphatic heterocycles. The Hall–Kier alpha value is -2.27. The Morgan fingerprint density at radius 2 is 1.90 bits per heavy atom. The maximum absolute atomic E-state index is 13.2. The van der Waals surface area contributed by atoms with E-state index in [1.54, 1.807) is 29.2 Å². The first-order valence-electron chi connectivity index (χ1n) is 10.2. The smallest absolute Gasteiger partial charge is 0.254 e. The molecule has 0 atom stereocenters. The van der Waals surface area contributed by atoms with E-state index in [1.165, 1.54) is 0 Å². The van der Waals surface area contributed by atoms with E-state index >= 15 is 0 Å². The van der Waals surface area contributed by atoms with Crippen LogP contribution in [0.5, 0.6) is 0 Å². The topological polar surface area (TPSA) is 45.6 Å². The van der Waals surface area contributed by atoms with E-state index < -0.39 is 0 Å². The van der Waals surface area contributed by atoms with Gasteiger partial charge < -0.3 is 14.4 Å². The molecule has 0 bridgehead atoms. The van der Waals surface area contributed by atoms with Crippen molar-refractivity contribution in [1.29, 1.82) is 0 Å². The number of hydrogen-bond donors (Lipinski definition) is 0. The van der Waals surface area contributed by atoms with Gasteiger partial charge in [0.15, 0.2) is 0 Å². The van der Waals surface area contributed by atoms with Crippen molar-refractivity contribution in [3.8, 4) is 0 Å². The molecule has 29 heavy (non-hydrogen) atoms. The van der Waals surface area contributed by atoms with E-state index in [-0.39, 0.29) is 24.3 Å². The van der Waals surface area contributed by atoms with Gasteiger partial charge in [0, 0.05) is 42.6 Å². The van der Waals surface area contributed by atoms with E-state index in [9.17, 15) is 9.59 Å². The Labute approximate surface area is 179 Å². The first-order valence-corrected chi connectivity index (χ1v) is 10.6. The molecule has 6 heteroatoms. The molecule has 1 aromatic heterocycles. The van der Waals surface area contributed by atoms with E-state index in [2.05, 4.69) is 6.92 Å². The summed E-state index contributed by atoms with van der Waals surface area (Å²) in [6, 6.07) is 10.9. The molecule has 2 aromatic rings. The maximum atomic E-state index is 13.2. The largest absolute Gasteiger partial charge is 0.353 e. The van der Waals surface area contributed by atoms with Crippen LogP contribution in [0.3, 0.4) is 0 Å². The molecule has 2 rings (SSSR count). The molecule has 158 valence electrons. The number of nitrogens with zero attached hydrogens (tertiary/aromatic N) is 3. The van der Waals surface area contributed by atoms with E-state index in [0.29, 0.717) is 30.2 Å². The molecule has 0 saturated carbocycles. The van der Waals surface area contributed by atoms with Gasteiger partial charge in [0.05, 0.1) is 6.54 Å². The third kappa shape index (κ3) is 6.93. The zero-order chi connectivity index (χ0) is 21.4. The fourth-order valence-corrected chi connectivity index (χ4v) is 3.41. The molecule has 0 spiro atoms. The first kappa shape index (κ1) is 23.0. The number of rotatable bonds is 10. The predicted molar refractivity (Wildman–Crippen MR) is 118 cm³/mol. The molecule has 2 amide bonds. The monoisotopic (exact) mass is 417 g/mol. The van der Waals surface area contributed by atoms with Crippen LogP contribution in [0.15, 0.2) is 42.6 Å². The molecule has 0 radical (unpaired) electrons. The van der Waals surface area contributed by atoms with Gasteiger partial charge in [0.2, 0.25) is 5.91 Å². The van der Waals surface area contributed by atoms with Gasteiger partial charge in [-0.3, -0.25) is 9.59 Å². The van der Waals surface area contributed by atoms with E-state index in [4.69, 9.17) is 11.6 Å². The summed E-state index contributed by atoms with van der Waals surface area (Å²) in [5.41, 5.74) is 1.58. The molecule has 1 aromatic carbocycles. The highest BCUT2D eigenvalue weighted by Crippen LogP contribution is 2.15. The van der Waals surface area contributed by atoms with Gasteiger partial charge in [-0.15, -0.1) is 0 Å². The third-order valence-electron chi connectivity index (χ3n) is 4.81. The molecular formula is C23H32ClN3O2. The number of unbranched alkanes of at least 4 members (excludes halogenated alkanes) is 1. The Morgan fingerprint density at radius 1 is 1.14 bits per heavy atom. The predicted octanol–water partition coefficient (Wildman–Crippen LogP) is 4.61. The zero-order valence-electron chi connectivity index (χ0n) is 17.9. The lowest BCUT2D eigenvalue weighted by Crippen LogP contribution is -2.44. The lowest BCUT2D eigenvalue weighted by atomic mass is 10.1. The van der Waals surface area contributed by atoms with Crippen molar-refractivity contribution in [2.75, 3.05) is 19.6 Å². The SMILES string of the molecule is CCCCN(Cc1cccn1C)C(=O)CN(CC(C)C)C(=O)c1cccc(Cl)c1. The van der Waals surface area contributed by atoms with Gasteiger partial charge in [-0.2, -0.15) is 0 Å². The fraction of sp³-hybridized carbons (Fsp3) is 0.478. The van der Waals surface area contributed by atoms with Crippen molar-refractivity contribution >= 4 is 23.4 Å². The number of carbonyl (C=O) groups excluding carboxylic acids is 2. The lowest BCUT2D eigenvalue weighted by Gasteiger charge is -2.29. The Morgan fingerprint density at radius 3 is 2.48 bits per heavy atom. The number of amides is 2. The summed E-state index contributed by atoms with van der Waals surface area (Å²) in [5, 5.41) is 0.514. The van der Waals surface area contributed by atoms with Crippen LogP contribution in [0.25, 0.3) is 0 Å². The summed E-state index contributed by atoms with van der Waals surface area (Å²) in [5.74, 6) is 0.0578. The van der Waals surface area contributed by atoms with E-state index in [0.717, 1.165) is 18.5 Å². The quantitative estimate of drug-likeness (QED) is 0.566. The molecule has 5 nitrogen and oxygen atoms in total. The van der Waals surface area contributed by atoms with Crippen LogP contribution in [-0.2, 0) is 18.4 Å². The van der Waals surface area contributed by atoms with Crippen molar-refractivity contribution in [3.63, 3.8) is 0 Å². The number of carbonyl (C=O) groups is 2. The van der Waals surface area contributed by atoms with Crippen LogP contribution in [0.4, 0.5) is 0 Å². The van der Waals surface area contributed by atoms with Crippen molar-refractivity contribution in [3.05, 3.63) is 58.9 Å². The molecule has 0 fully saturated rings. The van der Waals surface area contributed by atoms with Crippen LogP contribution < -0.4 is 0 Å². The third-order valence-corrected chi connectivity index (χ3v) is 5.04. The number of benzene rings is 1. The van der Waals surface area contributed by atoms with Gasteiger partial charge in [-0.1, -0.05) is 44.9 Å². The molecule has 0 unspecified atom stereocenters. The summed E-state index contributed by atoms with van der Waals surface area (Å²) < 4.78 is 2.02. The van der Waals surface area contributed by atoms with Crippen molar-refractivity contribution in [1.82, 2.24) is 14.4 Å². The highest BCUT2D eigenvalue weighted by molar-refractivity contribution is 6.30. The second kappa shape index (κ2) is 11.1. The molecule has 0 aliphatic carbocycles. The maximum Gasteiger partial charge on any atom is 0.254 e. The van der Waals surface area contributed by atoms with Crippen molar-refractivity contribution < 1.29 is 9.59 Å². The summed E-state index contributed by atoms with van der Waals surface area (Å²) in [4.78, 5) is 29.7. The standard InChI is InChI=1S/C23H32ClN3O2/c1-5-6-13-26(16-21-11-8-12-25(21)4)22(28)17-27(15-18(2)3)23(29)19-9-7-10-20(24)14-19/h7-12,14,18H,5-6,13,15-17H2,1-4H3. The van der Waals surface area contributed by atoms with E-state index in [1.807, 2.05) is 48.7 Å². The van der Waals surface area contributed by atoms with Gasteiger partial charge in [-0.05, 0) is 42.7 Å². The average molecular weight is 418 g/mol. The zero-order valence-corrected chi connectivity index (χ0v) is 18.7. The van der Waals surface area contributed by atoms with Gasteiger partial charge in [0.25, 0.3) is 5.91 Å². The minimum atomic E-state index is -0.163. The van der Waals surface area contributed by atoms with Crippen LogP contribution in [-0.4, -0.2) is 45.8 Å². The minimum Gasteiger partial charge on any atom is -0.353 e. The number of aryl methyl sites for hydroxylation is 1. The van der Waals surface area contributed by atoms with Gasteiger partial charge in [-0.25, -0.2) is 0 Å². The second-order valence-corrected chi connectivity index (χ2v) is 8.31. The lowest BCUT2D eigenvalue weighted by molar-refractivity contribution is -0.132. The summed E-state index contributed by atoms with van der Waals surface area (Å²) in [6.45, 7) is 8.01. The highest BCUT2D eigenvalue weighted by Gasteiger charge is 2.23. The van der Waals surface area contributed by atoms with Gasteiger partial charge in [0.1, 0.15) is 6.54 Å². The summed E-state index contributed by atoms with van der Waals surface area (Å²) in [6.07, 6.45) is 3.92. The molecule has 0 saturated heterocycles. The van der Waals surface area contributed by atoms with Crippen LogP contribution in [0, 0.1) is 5.92 Å². The molecule has 0 aliphatic rings. The molecular weight excluding hydrogens is 386 g/mol. The van der Waals surface area contributed by atoms with Crippen molar-refractivity contribution in [2.24, 2.45) is 13.0 Å². The fourth-order valence-electron chi connectivity index (χ4n) is 3.22. The number of aromatic nitrogens is 1. The Bertz CT molecular complexity index is 816. The average Bonchev–Trinajstić information content (AvgIpc) is 3.08. The normalized spacial score (nSPS) is 11.0. The van der Waals surface area contributed by atoms with Gasteiger partial charge >= 0.3 is 0 Å². The number of halogens is 1. The Kier molecular flexibility index (Phi) is 8.77. The van der Waals surface area contributed by atoms with Crippen LogP contribution in [0.2, 0.25) is 5.02 Å². The summed E-state index contributed by atoms with van der Waals surface area (Å²) >= 11 is 6.06. The van der Waals surface area contributed by atoms with Crippen LogP contribution in [0.1, 0.15) is 49.7 Å². The minimum absolute atomic E-state index is 0.0318. The highest BCUT2D eigenvalue weighted by atomic mass is 35.5. The Balaban J connectivity index is 2.18. The molecule has 0 N–H and O–H groups in total. The molecule has 1 heterocycles. The van der Waals surface area contributed by atoms with Crippen LogP contribution >= 0.6 is 11.6 Å². The summed E-state index contributed by atoms with van der Waals surface area (Å²) in [7, 11) is 1.98. The second-order valence-electron chi connectivity index (χ2n) is 7.87. The first-order chi connectivity index (χ1) is 13.8. The van der Waals surface area contributed by atoms with Crippen molar-refractivity contribution in [2.45, 2.75) is 40.2 Å². The number of hydrogen-bond acceptors (Lipinski definition) is 2.